The van der Waals surface area contributed by atoms with Gasteiger partial charge in [0.15, 0.2) is 0 Å². The first kappa shape index (κ1) is 21.8. The number of ether oxygens (including phenoxy) is 1. The summed E-state index contributed by atoms with van der Waals surface area (Å²) in [4.78, 5) is 25.4. The molecule has 3 rings (SSSR count). The highest BCUT2D eigenvalue weighted by Gasteiger charge is 2.42. The van der Waals surface area contributed by atoms with Crippen molar-refractivity contribution < 1.29 is 19.4 Å². The fraction of sp³-hybridized carbons (Fsp3) is 0.417. The maximum Gasteiger partial charge on any atom is 0.328 e. The summed E-state index contributed by atoms with van der Waals surface area (Å²) in [5.41, 5.74) is 1.66. The Kier molecular flexibility index (Phi) is 6.77. The number of rotatable bonds is 6. The summed E-state index contributed by atoms with van der Waals surface area (Å²) < 4.78 is 4.91. The Balaban J connectivity index is 1.75. The van der Waals surface area contributed by atoms with Crippen molar-refractivity contribution in [2.45, 2.75) is 44.2 Å². The number of benzene rings is 2. The number of piperidine rings is 1. The highest BCUT2D eigenvalue weighted by molar-refractivity contribution is 5.88. The molecule has 2 aromatic rings. The van der Waals surface area contributed by atoms with Gasteiger partial charge in [0, 0.05) is 6.42 Å². The zero-order valence-corrected chi connectivity index (χ0v) is 17.7. The predicted molar refractivity (Wildman–Crippen MR) is 115 cm³/mol. The van der Waals surface area contributed by atoms with Gasteiger partial charge in [0.2, 0.25) is 5.91 Å². The summed E-state index contributed by atoms with van der Waals surface area (Å²) in [5.74, 6) is -0.204. The molecule has 6 heteroatoms. The van der Waals surface area contributed by atoms with Crippen molar-refractivity contribution >= 4 is 11.9 Å². The van der Waals surface area contributed by atoms with Gasteiger partial charge < -0.3 is 20.5 Å². The predicted octanol–water partition coefficient (Wildman–Crippen LogP) is 2.55. The molecule has 0 aromatic heterocycles. The molecule has 30 heavy (non-hydrogen) atoms. The minimum Gasteiger partial charge on any atom is -0.508 e. The number of phenols is 1. The molecule has 3 N–H and O–H groups in total. The molecule has 4 atom stereocenters. The summed E-state index contributed by atoms with van der Waals surface area (Å²) in [6.07, 6.45) is 0.925. The van der Waals surface area contributed by atoms with Gasteiger partial charge in [-0.2, -0.15) is 0 Å². The van der Waals surface area contributed by atoms with E-state index in [1.807, 2.05) is 42.5 Å². The molecular weight excluding hydrogens is 380 g/mol. The Labute approximate surface area is 177 Å². The SMILES string of the molecule is COC(=O)C(Cc1ccccc1)NC(=O)C1C[C@@](C)(c2cccc(O)c2)C(C)CN1. The van der Waals surface area contributed by atoms with Gasteiger partial charge in [0.25, 0.3) is 0 Å². The van der Waals surface area contributed by atoms with Crippen LogP contribution < -0.4 is 10.6 Å². The van der Waals surface area contributed by atoms with Gasteiger partial charge in [-0.3, -0.25) is 4.79 Å². The fourth-order valence-electron chi connectivity index (χ4n) is 4.15. The number of carbonyl (C=O) groups is 2. The van der Waals surface area contributed by atoms with Crippen LogP contribution >= 0.6 is 0 Å². The topological polar surface area (TPSA) is 87.7 Å². The second-order valence-corrected chi connectivity index (χ2v) is 8.31. The van der Waals surface area contributed by atoms with Crippen LogP contribution in [0.2, 0.25) is 0 Å². The lowest BCUT2D eigenvalue weighted by Crippen LogP contribution is -2.58. The summed E-state index contributed by atoms with van der Waals surface area (Å²) in [6, 6.07) is 15.6. The molecule has 1 aliphatic rings. The summed E-state index contributed by atoms with van der Waals surface area (Å²) in [5, 5.41) is 16.1. The third-order valence-electron chi connectivity index (χ3n) is 6.29. The Morgan fingerprint density at radius 2 is 1.97 bits per heavy atom. The van der Waals surface area contributed by atoms with Crippen molar-refractivity contribution in [2.24, 2.45) is 5.92 Å². The summed E-state index contributed by atoms with van der Waals surface area (Å²) >= 11 is 0. The van der Waals surface area contributed by atoms with Crippen molar-refractivity contribution in [3.05, 3.63) is 65.7 Å². The van der Waals surface area contributed by atoms with Crippen LogP contribution in [0.1, 0.15) is 31.4 Å². The number of carbonyl (C=O) groups excluding carboxylic acids is 2. The lowest BCUT2D eigenvalue weighted by Gasteiger charge is -2.44. The van der Waals surface area contributed by atoms with Crippen LogP contribution in [0.3, 0.4) is 0 Å². The molecule has 2 aromatic carbocycles. The molecule has 1 fully saturated rings. The van der Waals surface area contributed by atoms with E-state index in [1.54, 1.807) is 12.1 Å². The first-order chi connectivity index (χ1) is 14.3. The minimum absolute atomic E-state index is 0.217. The Morgan fingerprint density at radius 3 is 2.63 bits per heavy atom. The fourth-order valence-corrected chi connectivity index (χ4v) is 4.15. The first-order valence-corrected chi connectivity index (χ1v) is 10.3. The van der Waals surface area contributed by atoms with Crippen LogP contribution in [0, 0.1) is 5.92 Å². The van der Waals surface area contributed by atoms with E-state index < -0.39 is 18.1 Å². The van der Waals surface area contributed by atoms with Crippen molar-refractivity contribution in [3.63, 3.8) is 0 Å². The molecule has 0 spiro atoms. The normalized spacial score (nSPS) is 24.6. The smallest absolute Gasteiger partial charge is 0.328 e. The monoisotopic (exact) mass is 410 g/mol. The number of aromatic hydroxyl groups is 1. The molecule has 3 unspecified atom stereocenters. The van der Waals surface area contributed by atoms with Crippen molar-refractivity contribution in [1.82, 2.24) is 10.6 Å². The molecular formula is C24H30N2O4. The number of esters is 1. The van der Waals surface area contributed by atoms with Crippen molar-refractivity contribution in [3.8, 4) is 5.75 Å². The maximum absolute atomic E-state index is 13.1. The van der Waals surface area contributed by atoms with Gasteiger partial charge in [0.1, 0.15) is 11.8 Å². The third kappa shape index (κ3) is 4.82. The molecule has 6 nitrogen and oxygen atoms in total. The van der Waals surface area contributed by atoms with E-state index >= 15 is 0 Å². The maximum atomic E-state index is 13.1. The Morgan fingerprint density at radius 1 is 1.23 bits per heavy atom. The van der Waals surface area contributed by atoms with Gasteiger partial charge >= 0.3 is 5.97 Å². The third-order valence-corrected chi connectivity index (χ3v) is 6.29. The van der Waals surface area contributed by atoms with Crippen LogP contribution in [0.5, 0.6) is 5.75 Å². The van der Waals surface area contributed by atoms with Crippen LogP contribution in [0.15, 0.2) is 54.6 Å². The number of amides is 1. The van der Waals surface area contributed by atoms with E-state index in [1.165, 1.54) is 7.11 Å². The highest BCUT2D eigenvalue weighted by Crippen LogP contribution is 2.40. The van der Waals surface area contributed by atoms with E-state index in [9.17, 15) is 14.7 Å². The average molecular weight is 411 g/mol. The van der Waals surface area contributed by atoms with E-state index in [4.69, 9.17) is 4.74 Å². The second kappa shape index (κ2) is 9.30. The van der Waals surface area contributed by atoms with Crippen molar-refractivity contribution in [1.29, 1.82) is 0 Å². The summed E-state index contributed by atoms with van der Waals surface area (Å²) in [6.45, 7) is 4.92. The molecule has 1 amide bonds. The molecule has 1 saturated heterocycles. The zero-order chi connectivity index (χ0) is 21.7. The lowest BCUT2D eigenvalue weighted by molar-refractivity contribution is -0.145. The van der Waals surface area contributed by atoms with E-state index in [2.05, 4.69) is 24.5 Å². The van der Waals surface area contributed by atoms with Crippen LogP contribution in [-0.4, -0.2) is 42.7 Å². The van der Waals surface area contributed by atoms with Crippen LogP contribution in [0.4, 0.5) is 0 Å². The standard InChI is InChI=1S/C24H30N2O4/c1-16-15-25-21(14-24(16,2)18-10-7-11-19(27)13-18)22(28)26-20(23(29)30-3)12-17-8-5-4-6-9-17/h4-11,13,16,20-21,25,27H,12,14-15H2,1-3H3,(H,26,28)/t16?,20?,21?,24-/m1/s1. The number of hydrogen-bond acceptors (Lipinski definition) is 5. The van der Waals surface area contributed by atoms with Gasteiger partial charge in [-0.25, -0.2) is 4.79 Å². The number of nitrogens with one attached hydrogen (secondary N) is 2. The quantitative estimate of drug-likeness (QED) is 0.637. The number of phenolic OH excluding ortho intramolecular Hbond substituents is 1. The number of methoxy groups -OCH3 is 1. The van der Waals surface area contributed by atoms with Crippen LogP contribution in [-0.2, 0) is 26.2 Å². The lowest BCUT2D eigenvalue weighted by atomic mass is 9.66. The molecule has 1 aliphatic heterocycles. The van der Waals surface area contributed by atoms with E-state index in [-0.39, 0.29) is 23.0 Å². The van der Waals surface area contributed by atoms with Crippen molar-refractivity contribution in [2.75, 3.05) is 13.7 Å². The molecule has 0 saturated carbocycles. The minimum atomic E-state index is -0.752. The average Bonchev–Trinajstić information content (AvgIpc) is 2.75. The van der Waals surface area contributed by atoms with E-state index in [0.29, 0.717) is 19.4 Å². The second-order valence-electron chi connectivity index (χ2n) is 8.31. The molecule has 0 bridgehead atoms. The van der Waals surface area contributed by atoms with E-state index in [0.717, 1.165) is 11.1 Å². The van der Waals surface area contributed by atoms with Gasteiger partial charge in [-0.15, -0.1) is 0 Å². The Hall–Kier alpha value is -2.86. The molecule has 1 heterocycles. The summed E-state index contributed by atoms with van der Waals surface area (Å²) in [7, 11) is 1.33. The van der Waals surface area contributed by atoms with Crippen LogP contribution in [0.25, 0.3) is 0 Å². The highest BCUT2D eigenvalue weighted by atomic mass is 16.5. The zero-order valence-electron chi connectivity index (χ0n) is 17.7. The Bertz CT molecular complexity index is 886. The van der Waals surface area contributed by atoms with Gasteiger partial charge in [0.05, 0.1) is 13.2 Å². The first-order valence-electron chi connectivity index (χ1n) is 10.3. The molecule has 160 valence electrons. The number of hydrogen-bond donors (Lipinski definition) is 3. The molecule has 0 aliphatic carbocycles. The largest absolute Gasteiger partial charge is 0.508 e. The molecule has 0 radical (unpaired) electrons. The van der Waals surface area contributed by atoms with Gasteiger partial charge in [-0.1, -0.05) is 56.3 Å². The van der Waals surface area contributed by atoms with Gasteiger partial charge in [-0.05, 0) is 47.6 Å².